The summed E-state index contributed by atoms with van der Waals surface area (Å²) < 4.78 is 0. The second kappa shape index (κ2) is 5.53. The van der Waals surface area contributed by atoms with Crippen molar-refractivity contribution >= 4 is 16.5 Å². The third-order valence-electron chi connectivity index (χ3n) is 3.21. The van der Waals surface area contributed by atoms with Gasteiger partial charge in [-0.25, -0.2) is 4.98 Å². The molecule has 1 aromatic heterocycles. The lowest BCUT2D eigenvalue weighted by Gasteiger charge is -2.06. The van der Waals surface area contributed by atoms with Crippen LogP contribution in [0.25, 0.3) is 0 Å². The third kappa shape index (κ3) is 3.10. The van der Waals surface area contributed by atoms with E-state index in [0.29, 0.717) is 11.0 Å². The predicted molar refractivity (Wildman–Crippen MR) is 79.2 cm³/mol. The Hall–Kier alpha value is -1.35. The van der Waals surface area contributed by atoms with E-state index in [1.807, 2.05) is 0 Å². The van der Waals surface area contributed by atoms with E-state index >= 15 is 0 Å². The molecule has 0 saturated heterocycles. The number of rotatable bonds is 4. The number of benzene rings is 1. The Morgan fingerprint density at radius 2 is 1.83 bits per heavy atom. The minimum absolute atomic E-state index is 0.597. The van der Waals surface area contributed by atoms with Gasteiger partial charge in [0.25, 0.3) is 0 Å². The van der Waals surface area contributed by atoms with Crippen LogP contribution in [0.1, 0.15) is 41.5 Å². The fraction of sp³-hybridized carbons (Fsp3) is 0.400. The van der Waals surface area contributed by atoms with Crippen molar-refractivity contribution in [2.45, 2.75) is 39.5 Å². The first-order valence-corrected chi connectivity index (χ1v) is 7.18. The quantitative estimate of drug-likeness (QED) is 0.904. The SMILES string of the molecule is Cc1sc(N)nc1CCc1ccc(C(C)C)cc1. The summed E-state index contributed by atoms with van der Waals surface area (Å²) in [4.78, 5) is 5.61. The Balaban J connectivity index is 2.00. The number of aryl methyl sites for hydroxylation is 3. The first-order chi connectivity index (χ1) is 8.56. The molecule has 2 aromatic rings. The van der Waals surface area contributed by atoms with E-state index in [0.717, 1.165) is 18.5 Å². The molecule has 3 heteroatoms. The van der Waals surface area contributed by atoms with Crippen LogP contribution in [0, 0.1) is 6.92 Å². The molecule has 0 saturated carbocycles. The number of nitrogens with zero attached hydrogens (tertiary/aromatic N) is 1. The molecule has 2 rings (SSSR count). The average molecular weight is 260 g/mol. The van der Waals surface area contributed by atoms with E-state index in [1.165, 1.54) is 16.0 Å². The van der Waals surface area contributed by atoms with Crippen LogP contribution in [0.2, 0.25) is 0 Å². The molecule has 2 N–H and O–H groups in total. The minimum Gasteiger partial charge on any atom is -0.375 e. The number of nitrogen functional groups attached to an aromatic ring is 1. The molecule has 0 aliphatic carbocycles. The number of hydrogen-bond acceptors (Lipinski definition) is 3. The highest BCUT2D eigenvalue weighted by Crippen LogP contribution is 2.21. The molecule has 0 aliphatic rings. The second-order valence-corrected chi connectivity index (χ2v) is 6.19. The van der Waals surface area contributed by atoms with Crippen molar-refractivity contribution in [3.63, 3.8) is 0 Å². The molecule has 0 aliphatic heterocycles. The van der Waals surface area contributed by atoms with Crippen LogP contribution in [0.4, 0.5) is 5.13 Å². The van der Waals surface area contributed by atoms with Gasteiger partial charge in [-0.2, -0.15) is 0 Å². The van der Waals surface area contributed by atoms with Gasteiger partial charge in [-0.3, -0.25) is 0 Å². The van der Waals surface area contributed by atoms with Crippen molar-refractivity contribution in [2.75, 3.05) is 5.73 Å². The zero-order valence-corrected chi connectivity index (χ0v) is 12.1. The largest absolute Gasteiger partial charge is 0.375 e. The van der Waals surface area contributed by atoms with E-state index in [2.05, 4.69) is 50.0 Å². The van der Waals surface area contributed by atoms with Crippen molar-refractivity contribution in [1.82, 2.24) is 4.98 Å². The van der Waals surface area contributed by atoms with Crippen molar-refractivity contribution in [1.29, 1.82) is 0 Å². The van der Waals surface area contributed by atoms with Gasteiger partial charge in [-0.05, 0) is 36.8 Å². The lowest BCUT2D eigenvalue weighted by atomic mass is 10.00. The molecule has 2 nitrogen and oxygen atoms in total. The molecule has 0 unspecified atom stereocenters. The first-order valence-electron chi connectivity index (χ1n) is 6.37. The Kier molecular flexibility index (Phi) is 4.02. The number of anilines is 1. The summed E-state index contributed by atoms with van der Waals surface area (Å²) in [6.45, 7) is 6.53. The lowest BCUT2D eigenvalue weighted by molar-refractivity contribution is 0.861. The highest BCUT2D eigenvalue weighted by Gasteiger charge is 2.06. The van der Waals surface area contributed by atoms with Crippen LogP contribution in [0.5, 0.6) is 0 Å². The summed E-state index contributed by atoms with van der Waals surface area (Å²) in [7, 11) is 0. The smallest absolute Gasteiger partial charge is 0.180 e. The van der Waals surface area contributed by atoms with Crippen LogP contribution < -0.4 is 5.73 Å². The molecule has 18 heavy (non-hydrogen) atoms. The summed E-state index contributed by atoms with van der Waals surface area (Å²) in [5, 5.41) is 0.678. The van der Waals surface area contributed by atoms with Gasteiger partial charge in [0.15, 0.2) is 5.13 Å². The van der Waals surface area contributed by atoms with Gasteiger partial charge >= 0.3 is 0 Å². The molecule has 0 amide bonds. The summed E-state index contributed by atoms with van der Waals surface area (Å²) in [5.41, 5.74) is 9.62. The van der Waals surface area contributed by atoms with Gasteiger partial charge < -0.3 is 5.73 Å². The minimum atomic E-state index is 0.597. The maximum absolute atomic E-state index is 5.71. The summed E-state index contributed by atoms with van der Waals surface area (Å²) in [6.07, 6.45) is 2.00. The zero-order valence-electron chi connectivity index (χ0n) is 11.2. The zero-order chi connectivity index (χ0) is 13.1. The number of aromatic nitrogens is 1. The Labute approximate surface area is 113 Å². The van der Waals surface area contributed by atoms with Crippen molar-refractivity contribution in [3.8, 4) is 0 Å². The van der Waals surface area contributed by atoms with E-state index < -0.39 is 0 Å². The molecule has 0 fully saturated rings. The maximum atomic E-state index is 5.71. The topological polar surface area (TPSA) is 38.9 Å². The predicted octanol–water partition coefficient (Wildman–Crippen LogP) is 3.94. The fourth-order valence-corrected chi connectivity index (χ4v) is 2.75. The van der Waals surface area contributed by atoms with Gasteiger partial charge in [-0.1, -0.05) is 38.1 Å². The first kappa shape index (κ1) is 13.1. The molecule has 96 valence electrons. The van der Waals surface area contributed by atoms with Gasteiger partial charge in [0, 0.05) is 4.88 Å². The standard InChI is InChI=1S/C15H20N2S/c1-10(2)13-7-4-12(5-8-13)6-9-14-11(3)18-15(16)17-14/h4-5,7-8,10H,6,9H2,1-3H3,(H2,16,17). The summed E-state index contributed by atoms with van der Waals surface area (Å²) in [5.74, 6) is 0.597. The Morgan fingerprint density at radius 3 is 2.33 bits per heavy atom. The fourth-order valence-electron chi connectivity index (χ4n) is 2.01. The van der Waals surface area contributed by atoms with Crippen molar-refractivity contribution in [2.24, 2.45) is 0 Å². The van der Waals surface area contributed by atoms with Crippen molar-refractivity contribution < 1.29 is 0 Å². The van der Waals surface area contributed by atoms with E-state index in [9.17, 15) is 0 Å². The van der Waals surface area contributed by atoms with Gasteiger partial charge in [0.05, 0.1) is 5.69 Å². The monoisotopic (exact) mass is 260 g/mol. The molecule has 0 spiro atoms. The normalized spacial score (nSPS) is 11.1. The third-order valence-corrected chi connectivity index (χ3v) is 4.05. The van der Waals surface area contributed by atoms with Crippen LogP contribution in [-0.4, -0.2) is 4.98 Å². The van der Waals surface area contributed by atoms with Crippen LogP contribution in [0.3, 0.4) is 0 Å². The number of thiazole rings is 1. The average Bonchev–Trinajstić information content (AvgIpc) is 2.66. The number of hydrogen-bond donors (Lipinski definition) is 1. The molecule has 0 bridgehead atoms. The Bertz CT molecular complexity index is 512. The van der Waals surface area contributed by atoms with E-state index in [4.69, 9.17) is 5.73 Å². The van der Waals surface area contributed by atoms with Gasteiger partial charge in [-0.15, -0.1) is 11.3 Å². The number of nitrogens with two attached hydrogens (primary N) is 1. The maximum Gasteiger partial charge on any atom is 0.180 e. The molecule has 0 radical (unpaired) electrons. The highest BCUT2D eigenvalue weighted by molar-refractivity contribution is 7.15. The molecular weight excluding hydrogens is 240 g/mol. The highest BCUT2D eigenvalue weighted by atomic mass is 32.1. The van der Waals surface area contributed by atoms with Crippen molar-refractivity contribution in [3.05, 3.63) is 46.0 Å². The summed E-state index contributed by atoms with van der Waals surface area (Å²) >= 11 is 1.58. The van der Waals surface area contributed by atoms with Gasteiger partial charge in [0.2, 0.25) is 0 Å². The molecule has 1 heterocycles. The van der Waals surface area contributed by atoms with Crippen LogP contribution in [-0.2, 0) is 12.8 Å². The molecule has 1 aromatic carbocycles. The van der Waals surface area contributed by atoms with E-state index in [1.54, 1.807) is 11.3 Å². The van der Waals surface area contributed by atoms with Gasteiger partial charge in [0.1, 0.15) is 0 Å². The van der Waals surface area contributed by atoms with Crippen LogP contribution >= 0.6 is 11.3 Å². The molecular formula is C15H20N2S. The van der Waals surface area contributed by atoms with Crippen LogP contribution in [0.15, 0.2) is 24.3 Å². The molecule has 0 atom stereocenters. The summed E-state index contributed by atoms with van der Waals surface area (Å²) in [6, 6.07) is 8.89. The van der Waals surface area contributed by atoms with E-state index in [-0.39, 0.29) is 0 Å². The Morgan fingerprint density at radius 1 is 1.17 bits per heavy atom. The second-order valence-electron chi connectivity index (χ2n) is 4.95. The lowest BCUT2D eigenvalue weighted by Crippen LogP contribution is -1.95.